The predicted octanol–water partition coefficient (Wildman–Crippen LogP) is 5.87. The summed E-state index contributed by atoms with van der Waals surface area (Å²) in [6.07, 6.45) is 1.87. The Morgan fingerprint density at radius 3 is 2.50 bits per heavy atom. The average Bonchev–Trinajstić information content (AvgIpc) is 3.23. The Kier molecular flexibility index (Phi) is 6.19. The van der Waals surface area contributed by atoms with E-state index in [1.165, 1.54) is 17.8 Å². The number of amidine groups is 1. The zero-order valence-electron chi connectivity index (χ0n) is 18.4. The molecular formula is C25H24FN3O2S. The number of hydrogen-bond donors (Lipinski definition) is 0. The number of hydrogen-bond acceptors (Lipinski definition) is 4. The third kappa shape index (κ3) is 4.08. The van der Waals surface area contributed by atoms with Crippen LogP contribution in [0.4, 0.5) is 10.1 Å². The van der Waals surface area contributed by atoms with Gasteiger partial charge in [-0.05, 0) is 86.6 Å². The molecule has 0 atom stereocenters. The summed E-state index contributed by atoms with van der Waals surface area (Å²) >= 11 is 1.35. The van der Waals surface area contributed by atoms with E-state index in [9.17, 15) is 9.18 Å². The van der Waals surface area contributed by atoms with Gasteiger partial charge < -0.3 is 9.30 Å². The number of thioether (sulfide) groups is 1. The van der Waals surface area contributed by atoms with Gasteiger partial charge in [-0.2, -0.15) is 0 Å². The number of benzene rings is 2. The lowest BCUT2D eigenvalue weighted by Gasteiger charge is -2.12. The summed E-state index contributed by atoms with van der Waals surface area (Å²) in [5.41, 5.74) is 3.89. The van der Waals surface area contributed by atoms with Crippen LogP contribution in [-0.2, 0) is 4.79 Å². The first-order valence-electron chi connectivity index (χ1n) is 10.3. The monoisotopic (exact) mass is 449 g/mol. The number of ether oxygens (including phenoxy) is 1. The first-order valence-corrected chi connectivity index (χ1v) is 11.1. The van der Waals surface area contributed by atoms with Crippen LogP contribution in [0, 0.1) is 19.7 Å². The minimum Gasteiger partial charge on any atom is -0.497 e. The van der Waals surface area contributed by atoms with Crippen LogP contribution in [-0.4, -0.2) is 34.2 Å². The standard InChI is InChI=1S/C25H24FN3O2S/c1-5-28-24(30)23(32-25(28)27-19-10-12-20(31-4)13-11-19)15-18-14-16(2)29(17(18)3)22-9-7-6-8-21(22)26/h6-15H,5H2,1-4H3. The van der Waals surface area contributed by atoms with Crippen LogP contribution in [0.25, 0.3) is 11.8 Å². The van der Waals surface area contributed by atoms with Gasteiger partial charge in [-0.25, -0.2) is 9.38 Å². The van der Waals surface area contributed by atoms with Crippen molar-refractivity contribution < 1.29 is 13.9 Å². The molecule has 1 amide bonds. The summed E-state index contributed by atoms with van der Waals surface area (Å²) in [7, 11) is 1.62. The summed E-state index contributed by atoms with van der Waals surface area (Å²) in [5.74, 6) is 0.383. The van der Waals surface area contributed by atoms with Crippen LogP contribution in [0.2, 0.25) is 0 Å². The number of likely N-dealkylation sites (N-methyl/N-ethyl adjacent to an activating group) is 1. The largest absolute Gasteiger partial charge is 0.497 e. The SMILES string of the molecule is CCN1C(=O)C(=Cc2cc(C)n(-c3ccccc3F)c2C)SC1=Nc1ccc(OC)cc1. The van der Waals surface area contributed by atoms with Gasteiger partial charge in [0, 0.05) is 17.9 Å². The van der Waals surface area contributed by atoms with Crippen molar-refractivity contribution in [2.24, 2.45) is 4.99 Å². The van der Waals surface area contributed by atoms with Gasteiger partial charge >= 0.3 is 0 Å². The fourth-order valence-corrected chi connectivity index (χ4v) is 4.77. The lowest BCUT2D eigenvalue weighted by Crippen LogP contribution is -2.28. The number of aliphatic imine (C=N–C) groups is 1. The number of carbonyl (C=O) groups excluding carboxylic acids is 1. The van der Waals surface area contributed by atoms with E-state index in [1.54, 1.807) is 24.1 Å². The van der Waals surface area contributed by atoms with Crippen LogP contribution in [0.5, 0.6) is 5.75 Å². The molecule has 1 saturated heterocycles. The predicted molar refractivity (Wildman–Crippen MR) is 128 cm³/mol. The number of carbonyl (C=O) groups is 1. The lowest BCUT2D eigenvalue weighted by atomic mass is 10.2. The van der Waals surface area contributed by atoms with E-state index in [1.807, 2.05) is 67.8 Å². The zero-order valence-corrected chi connectivity index (χ0v) is 19.2. The third-order valence-corrected chi connectivity index (χ3v) is 6.36. The Hall–Kier alpha value is -3.32. The highest BCUT2D eigenvalue weighted by molar-refractivity contribution is 8.18. The highest BCUT2D eigenvalue weighted by Crippen LogP contribution is 2.35. The molecule has 3 aromatic rings. The Labute approximate surface area is 191 Å². The number of halogens is 1. The number of para-hydroxylation sites is 1. The van der Waals surface area contributed by atoms with E-state index in [0.717, 1.165) is 28.4 Å². The Bertz CT molecular complexity index is 1230. The van der Waals surface area contributed by atoms with Gasteiger partial charge in [0.15, 0.2) is 5.17 Å². The van der Waals surface area contributed by atoms with Crippen molar-refractivity contribution >= 4 is 34.6 Å². The van der Waals surface area contributed by atoms with Gasteiger partial charge in [-0.1, -0.05) is 12.1 Å². The molecule has 0 radical (unpaired) electrons. The van der Waals surface area contributed by atoms with Crippen molar-refractivity contribution in [1.82, 2.24) is 9.47 Å². The summed E-state index contributed by atoms with van der Waals surface area (Å²) in [6, 6.07) is 16.0. The van der Waals surface area contributed by atoms with Crippen LogP contribution >= 0.6 is 11.8 Å². The smallest absolute Gasteiger partial charge is 0.266 e. The first kappa shape index (κ1) is 21.9. The molecule has 0 bridgehead atoms. The zero-order chi connectivity index (χ0) is 22.8. The van der Waals surface area contributed by atoms with Crippen molar-refractivity contribution in [3.63, 3.8) is 0 Å². The molecule has 0 spiro atoms. The molecule has 0 N–H and O–H groups in total. The topological polar surface area (TPSA) is 46.8 Å². The van der Waals surface area contributed by atoms with Crippen LogP contribution in [0.1, 0.15) is 23.9 Å². The summed E-state index contributed by atoms with van der Waals surface area (Å²) in [4.78, 5) is 20.0. The number of aryl methyl sites for hydroxylation is 1. The summed E-state index contributed by atoms with van der Waals surface area (Å²) in [5, 5.41) is 0.636. The maximum atomic E-state index is 14.4. The van der Waals surface area contributed by atoms with E-state index < -0.39 is 0 Å². The number of aromatic nitrogens is 1. The second-order valence-corrected chi connectivity index (χ2v) is 8.37. The van der Waals surface area contributed by atoms with E-state index in [2.05, 4.69) is 4.99 Å². The molecule has 1 fully saturated rings. The van der Waals surface area contributed by atoms with Crippen LogP contribution < -0.4 is 4.74 Å². The van der Waals surface area contributed by atoms with Gasteiger partial charge in [-0.3, -0.25) is 9.69 Å². The minimum atomic E-state index is -0.286. The quantitative estimate of drug-likeness (QED) is 0.458. The molecule has 7 heteroatoms. The van der Waals surface area contributed by atoms with E-state index in [4.69, 9.17) is 4.74 Å². The number of nitrogens with zero attached hydrogens (tertiary/aromatic N) is 3. The molecule has 0 saturated carbocycles. The summed E-state index contributed by atoms with van der Waals surface area (Å²) in [6.45, 7) is 6.31. The number of amides is 1. The van der Waals surface area contributed by atoms with Gasteiger partial charge in [0.2, 0.25) is 0 Å². The van der Waals surface area contributed by atoms with Crippen LogP contribution in [0.3, 0.4) is 0 Å². The van der Waals surface area contributed by atoms with Gasteiger partial charge in [-0.15, -0.1) is 0 Å². The van der Waals surface area contributed by atoms with Gasteiger partial charge in [0.05, 0.1) is 23.4 Å². The van der Waals surface area contributed by atoms with Crippen molar-refractivity contribution in [2.45, 2.75) is 20.8 Å². The first-order chi connectivity index (χ1) is 15.4. The maximum Gasteiger partial charge on any atom is 0.266 e. The highest BCUT2D eigenvalue weighted by Gasteiger charge is 2.32. The Morgan fingerprint density at radius 1 is 1.12 bits per heavy atom. The van der Waals surface area contributed by atoms with Gasteiger partial charge in [0.1, 0.15) is 11.6 Å². The fraction of sp³-hybridized carbons (Fsp3) is 0.200. The van der Waals surface area contributed by atoms with E-state index in [-0.39, 0.29) is 11.7 Å². The van der Waals surface area contributed by atoms with E-state index in [0.29, 0.717) is 22.3 Å². The second kappa shape index (κ2) is 9.04. The molecule has 1 aromatic heterocycles. The third-order valence-electron chi connectivity index (χ3n) is 5.35. The average molecular weight is 450 g/mol. The molecule has 2 heterocycles. The van der Waals surface area contributed by atoms with Gasteiger partial charge in [0.25, 0.3) is 5.91 Å². The molecule has 164 valence electrons. The molecular weight excluding hydrogens is 425 g/mol. The number of rotatable bonds is 5. The molecule has 4 rings (SSSR count). The van der Waals surface area contributed by atoms with Crippen molar-refractivity contribution in [3.05, 3.63) is 82.3 Å². The van der Waals surface area contributed by atoms with Crippen molar-refractivity contribution in [1.29, 1.82) is 0 Å². The summed E-state index contributed by atoms with van der Waals surface area (Å²) < 4.78 is 21.5. The lowest BCUT2D eigenvalue weighted by molar-refractivity contribution is -0.122. The molecule has 32 heavy (non-hydrogen) atoms. The molecule has 5 nitrogen and oxygen atoms in total. The normalized spacial score (nSPS) is 16.4. The molecule has 0 unspecified atom stereocenters. The molecule has 0 aliphatic carbocycles. The molecule has 1 aliphatic rings. The Balaban J connectivity index is 1.69. The minimum absolute atomic E-state index is 0.0829. The number of methoxy groups -OCH3 is 1. The van der Waals surface area contributed by atoms with Crippen molar-refractivity contribution in [3.8, 4) is 11.4 Å². The Morgan fingerprint density at radius 2 is 1.84 bits per heavy atom. The molecule has 2 aromatic carbocycles. The van der Waals surface area contributed by atoms with Crippen LogP contribution in [0.15, 0.2) is 64.5 Å². The fourth-order valence-electron chi connectivity index (χ4n) is 3.72. The highest BCUT2D eigenvalue weighted by atomic mass is 32.2. The van der Waals surface area contributed by atoms with E-state index >= 15 is 0 Å². The van der Waals surface area contributed by atoms with Crippen molar-refractivity contribution in [2.75, 3.05) is 13.7 Å². The molecule has 1 aliphatic heterocycles. The maximum absolute atomic E-state index is 14.4. The second-order valence-electron chi connectivity index (χ2n) is 7.37.